The van der Waals surface area contributed by atoms with E-state index in [0.717, 1.165) is 38.5 Å². The van der Waals surface area contributed by atoms with Crippen molar-refractivity contribution in [3.8, 4) is 11.5 Å². The van der Waals surface area contributed by atoms with E-state index in [9.17, 15) is 33.8 Å². The van der Waals surface area contributed by atoms with Crippen molar-refractivity contribution >= 4 is 44.6 Å². The Hall–Kier alpha value is -4.13. The lowest BCUT2D eigenvalue weighted by Gasteiger charge is -2.26. The molecule has 0 N–H and O–H groups in total. The van der Waals surface area contributed by atoms with Crippen LogP contribution in [0.2, 0.25) is 0 Å². The maximum absolute atomic E-state index is 14.8. The van der Waals surface area contributed by atoms with Crippen molar-refractivity contribution in [3.63, 3.8) is 0 Å². The molecule has 3 rings (SSSR count). The molecule has 3 aromatic carbocycles. The highest BCUT2D eigenvalue weighted by Crippen LogP contribution is 2.48. The molecule has 34 heavy (non-hydrogen) atoms. The summed E-state index contributed by atoms with van der Waals surface area (Å²) in [6.45, 7) is 0. The van der Waals surface area contributed by atoms with E-state index in [1.807, 2.05) is 0 Å². The Balaban J connectivity index is 2.51. The highest BCUT2D eigenvalue weighted by Gasteiger charge is 2.38. The first-order valence-corrected chi connectivity index (χ1v) is 10.0. The van der Waals surface area contributed by atoms with Gasteiger partial charge in [-0.2, -0.15) is 0 Å². The standard InChI is InChI=1S/C21H14BrF2N3O7/c1-33-16-7-3-5-14(26(29)30)19(16)25(20-15(27(31)32)6-4-8-17(20)34-2)21(28)18-12(23)9-11(22)10-13(18)24/h3-10H,1-2H3. The van der Waals surface area contributed by atoms with Crippen molar-refractivity contribution in [2.45, 2.75) is 0 Å². The van der Waals surface area contributed by atoms with Crippen LogP contribution in [-0.4, -0.2) is 30.0 Å². The monoisotopic (exact) mass is 537 g/mol. The van der Waals surface area contributed by atoms with E-state index in [1.165, 1.54) is 24.3 Å². The van der Waals surface area contributed by atoms with Crippen LogP contribution in [0.1, 0.15) is 10.4 Å². The number of carbonyl (C=O) groups excluding carboxylic acids is 1. The van der Waals surface area contributed by atoms with Gasteiger partial charge in [-0.1, -0.05) is 28.1 Å². The largest absolute Gasteiger partial charge is 0.494 e. The van der Waals surface area contributed by atoms with Gasteiger partial charge in [0.05, 0.1) is 24.1 Å². The van der Waals surface area contributed by atoms with Gasteiger partial charge in [-0.25, -0.2) is 8.78 Å². The molecule has 1 amide bonds. The van der Waals surface area contributed by atoms with Gasteiger partial charge in [0, 0.05) is 16.6 Å². The Kier molecular flexibility index (Phi) is 7.05. The maximum Gasteiger partial charge on any atom is 0.297 e. The second-order valence-electron chi connectivity index (χ2n) is 6.56. The molecule has 0 radical (unpaired) electrons. The van der Waals surface area contributed by atoms with Crippen molar-refractivity contribution in [1.82, 2.24) is 0 Å². The van der Waals surface area contributed by atoms with Gasteiger partial charge >= 0.3 is 0 Å². The first kappa shape index (κ1) is 24.5. The molecule has 0 aromatic heterocycles. The first-order valence-electron chi connectivity index (χ1n) is 9.24. The number of amides is 1. The molecule has 0 aliphatic heterocycles. The van der Waals surface area contributed by atoms with Crippen LogP contribution in [0.4, 0.5) is 31.5 Å². The molecule has 0 unspecified atom stereocenters. The number of nitro groups is 2. The molecular weight excluding hydrogens is 524 g/mol. The van der Waals surface area contributed by atoms with Crippen LogP contribution in [0.25, 0.3) is 0 Å². The van der Waals surface area contributed by atoms with Crippen LogP contribution in [0.15, 0.2) is 53.0 Å². The van der Waals surface area contributed by atoms with E-state index in [4.69, 9.17) is 9.47 Å². The Bertz CT molecular complexity index is 1230. The Labute approximate surface area is 198 Å². The van der Waals surface area contributed by atoms with Crippen molar-refractivity contribution in [2.24, 2.45) is 0 Å². The molecular formula is C21H14BrF2N3O7. The second-order valence-corrected chi connectivity index (χ2v) is 7.47. The van der Waals surface area contributed by atoms with Crippen LogP contribution in [-0.2, 0) is 0 Å². The second kappa shape index (κ2) is 9.79. The number of nitrogens with zero attached hydrogens (tertiary/aromatic N) is 3. The van der Waals surface area contributed by atoms with Crippen LogP contribution >= 0.6 is 15.9 Å². The van der Waals surface area contributed by atoms with Crippen molar-refractivity contribution in [1.29, 1.82) is 0 Å². The van der Waals surface area contributed by atoms with Gasteiger partial charge in [0.25, 0.3) is 17.3 Å². The summed E-state index contributed by atoms with van der Waals surface area (Å²) < 4.78 is 39.9. The molecule has 0 bridgehead atoms. The molecule has 0 spiro atoms. The summed E-state index contributed by atoms with van der Waals surface area (Å²) in [4.78, 5) is 36.0. The molecule has 0 saturated carbocycles. The molecule has 0 atom stereocenters. The van der Waals surface area contributed by atoms with E-state index in [0.29, 0.717) is 4.90 Å². The zero-order valence-electron chi connectivity index (χ0n) is 17.5. The third-order valence-electron chi connectivity index (χ3n) is 4.66. The minimum absolute atomic E-state index is 0.0165. The predicted octanol–water partition coefficient (Wildman–Crippen LogP) is 5.54. The number of anilines is 2. The van der Waals surface area contributed by atoms with E-state index in [2.05, 4.69) is 15.9 Å². The molecule has 3 aromatic rings. The summed E-state index contributed by atoms with van der Waals surface area (Å²) in [5, 5.41) is 23.7. The van der Waals surface area contributed by atoms with Crippen LogP contribution in [0, 0.1) is 31.9 Å². The molecule has 10 nitrogen and oxygen atoms in total. The van der Waals surface area contributed by atoms with Gasteiger partial charge in [-0.3, -0.25) is 29.9 Å². The number of hydrogen-bond acceptors (Lipinski definition) is 7. The zero-order chi connectivity index (χ0) is 25.2. The molecule has 0 heterocycles. The average Bonchev–Trinajstić information content (AvgIpc) is 2.78. The van der Waals surface area contributed by atoms with Gasteiger partial charge in [-0.05, 0) is 24.3 Å². The quantitative estimate of drug-likeness (QED) is 0.286. The molecule has 0 fully saturated rings. The number of rotatable bonds is 7. The molecule has 0 saturated heterocycles. The number of carbonyl (C=O) groups is 1. The first-order chi connectivity index (χ1) is 16.1. The van der Waals surface area contributed by atoms with E-state index in [-0.39, 0.29) is 16.0 Å². The highest BCUT2D eigenvalue weighted by atomic mass is 79.9. The molecule has 13 heteroatoms. The van der Waals surface area contributed by atoms with Gasteiger partial charge in [0.2, 0.25) is 0 Å². The summed E-state index contributed by atoms with van der Waals surface area (Å²) >= 11 is 2.91. The lowest BCUT2D eigenvalue weighted by Crippen LogP contribution is -2.30. The summed E-state index contributed by atoms with van der Waals surface area (Å²) in [6, 6.07) is 8.63. The third kappa shape index (κ3) is 4.37. The zero-order valence-corrected chi connectivity index (χ0v) is 19.0. The van der Waals surface area contributed by atoms with Crippen molar-refractivity contribution in [2.75, 3.05) is 19.1 Å². The van der Waals surface area contributed by atoms with Crippen LogP contribution in [0.5, 0.6) is 11.5 Å². The Morgan fingerprint density at radius 2 is 1.29 bits per heavy atom. The van der Waals surface area contributed by atoms with Gasteiger partial charge in [0.15, 0.2) is 11.4 Å². The van der Waals surface area contributed by atoms with E-state index in [1.54, 1.807) is 0 Å². The number of hydrogen-bond donors (Lipinski definition) is 0. The molecule has 176 valence electrons. The molecule has 0 aliphatic rings. The fourth-order valence-corrected chi connectivity index (χ4v) is 3.67. The Morgan fingerprint density at radius 3 is 1.65 bits per heavy atom. The average molecular weight is 538 g/mol. The van der Waals surface area contributed by atoms with Crippen LogP contribution in [0.3, 0.4) is 0 Å². The maximum atomic E-state index is 14.8. The summed E-state index contributed by atoms with van der Waals surface area (Å²) in [5.74, 6) is -4.61. The summed E-state index contributed by atoms with van der Waals surface area (Å²) in [6.07, 6.45) is 0. The highest BCUT2D eigenvalue weighted by molar-refractivity contribution is 9.10. The molecule has 0 aliphatic carbocycles. The summed E-state index contributed by atoms with van der Waals surface area (Å²) in [7, 11) is 2.28. The van der Waals surface area contributed by atoms with Crippen molar-refractivity contribution < 1.29 is 32.9 Å². The van der Waals surface area contributed by atoms with Gasteiger partial charge in [0.1, 0.15) is 28.7 Å². The minimum atomic E-state index is -1.47. The number of benzene rings is 3. The van der Waals surface area contributed by atoms with E-state index >= 15 is 0 Å². The van der Waals surface area contributed by atoms with Crippen LogP contribution < -0.4 is 14.4 Å². The van der Waals surface area contributed by atoms with Gasteiger partial charge < -0.3 is 9.47 Å². The number of nitro benzene ring substituents is 2. The van der Waals surface area contributed by atoms with Crippen molar-refractivity contribution in [3.05, 3.63) is 90.4 Å². The number of methoxy groups -OCH3 is 2. The Morgan fingerprint density at radius 1 is 0.882 bits per heavy atom. The lowest BCUT2D eigenvalue weighted by molar-refractivity contribution is -0.384. The smallest absolute Gasteiger partial charge is 0.297 e. The topological polar surface area (TPSA) is 125 Å². The fourth-order valence-electron chi connectivity index (χ4n) is 3.27. The SMILES string of the molecule is COc1cccc([N+](=O)[O-])c1N(C(=O)c1c(F)cc(Br)cc1F)c1c(OC)cccc1[N+](=O)[O-]. The fraction of sp³-hybridized carbons (Fsp3) is 0.0952. The number of ether oxygens (including phenoxy) is 2. The van der Waals surface area contributed by atoms with Gasteiger partial charge in [-0.15, -0.1) is 0 Å². The minimum Gasteiger partial charge on any atom is -0.494 e. The number of halogens is 3. The number of para-hydroxylation sites is 2. The van der Waals surface area contributed by atoms with E-state index < -0.39 is 55.7 Å². The summed E-state index contributed by atoms with van der Waals surface area (Å²) in [5.41, 5.74) is -3.72. The predicted molar refractivity (Wildman–Crippen MR) is 120 cm³/mol. The third-order valence-corrected chi connectivity index (χ3v) is 5.12. The normalized spacial score (nSPS) is 10.5. The lowest BCUT2D eigenvalue weighted by atomic mass is 10.1.